The Hall–Kier alpha value is -3.62. The standard InChI is InChI=1S/C35H22F5NOSi.2ClH.Zr/c36-29-30(37)32(39)34(33(40)31(29)38)41-21-27-26-19-11-10-12-22(26)20-28(35(27)42)43(23-13-4-1-5-14-23,24-15-6-2-7-16-24)25-17-8-3-9-18-25;;;/h1-21,42H;2*1H;/q;;;+2/p-2. The minimum absolute atomic E-state index is 0.0803. The van der Waals surface area contributed by atoms with Crippen LogP contribution in [-0.2, 0) is 20.8 Å². The van der Waals surface area contributed by atoms with Crippen molar-refractivity contribution in [2.24, 2.45) is 4.99 Å². The van der Waals surface area contributed by atoms with E-state index in [4.69, 9.17) is 17.0 Å². The topological polar surface area (TPSA) is 32.6 Å². The second-order valence-corrected chi connectivity index (χ2v) is 17.5. The fraction of sp³-hybridized carbons (Fsp3) is 0. The average Bonchev–Trinajstić information content (AvgIpc) is 3.09. The normalized spacial score (nSPS) is 11.4. The molecule has 1 N–H and O–H groups in total. The summed E-state index contributed by atoms with van der Waals surface area (Å²) in [4.78, 5) is 3.72. The Morgan fingerprint density at radius 2 is 0.978 bits per heavy atom. The van der Waals surface area contributed by atoms with Crippen LogP contribution in [0.4, 0.5) is 27.6 Å². The predicted molar refractivity (Wildman–Crippen MR) is 174 cm³/mol. The monoisotopic (exact) mass is 755 g/mol. The maximum atomic E-state index is 14.6. The molecule has 0 aliphatic rings. The van der Waals surface area contributed by atoms with Gasteiger partial charge in [0.1, 0.15) is 11.4 Å². The molecule has 0 heterocycles. The van der Waals surface area contributed by atoms with Crippen molar-refractivity contribution in [1.29, 1.82) is 0 Å². The number of hydrogen-bond donors (Lipinski definition) is 1. The van der Waals surface area contributed by atoms with E-state index in [0.29, 0.717) is 16.0 Å². The molecule has 6 aromatic carbocycles. The second kappa shape index (κ2) is 14.9. The van der Waals surface area contributed by atoms with E-state index in [1.165, 1.54) is 0 Å². The molecule has 0 radical (unpaired) electrons. The number of fused-ring (bicyclic) bond motifs is 1. The van der Waals surface area contributed by atoms with Gasteiger partial charge in [-0.3, -0.25) is 0 Å². The van der Waals surface area contributed by atoms with E-state index in [0.717, 1.165) is 21.8 Å². The number of benzene rings is 6. The summed E-state index contributed by atoms with van der Waals surface area (Å²) in [6, 6.07) is 38.2. The van der Waals surface area contributed by atoms with Crippen molar-refractivity contribution in [3.8, 4) is 5.75 Å². The van der Waals surface area contributed by atoms with E-state index in [9.17, 15) is 27.1 Å². The summed E-state index contributed by atoms with van der Waals surface area (Å²) in [5, 5.41) is 16.7. The van der Waals surface area contributed by atoms with Gasteiger partial charge in [0.05, 0.1) is 0 Å². The van der Waals surface area contributed by atoms with E-state index >= 15 is 0 Å². The van der Waals surface area contributed by atoms with Crippen LogP contribution in [0, 0.1) is 29.1 Å². The molecule has 0 amide bonds. The van der Waals surface area contributed by atoms with Crippen LogP contribution in [0.3, 0.4) is 0 Å². The number of aliphatic imine (C=N–C) groups is 1. The molecule has 46 heavy (non-hydrogen) atoms. The molecule has 0 atom stereocenters. The maximum absolute atomic E-state index is 14.6. The number of phenols is 1. The molecule has 0 fully saturated rings. The first-order valence-corrected chi connectivity index (χ1v) is 22.0. The Labute approximate surface area is 281 Å². The molecule has 11 heteroatoms. The molecule has 6 aromatic rings. The van der Waals surface area contributed by atoms with Gasteiger partial charge in [-0.05, 0) is 31.5 Å². The summed E-state index contributed by atoms with van der Waals surface area (Å²) < 4.78 is 70.7. The fourth-order valence-corrected chi connectivity index (χ4v) is 10.5. The molecule has 2 nitrogen and oxygen atoms in total. The zero-order chi connectivity index (χ0) is 32.8. The van der Waals surface area contributed by atoms with Crippen LogP contribution in [0.15, 0.2) is 126 Å². The molecule has 0 unspecified atom stereocenters. The first-order chi connectivity index (χ1) is 22.3. The molecule has 0 aromatic heterocycles. The van der Waals surface area contributed by atoms with Crippen molar-refractivity contribution >= 4 is 68.5 Å². The van der Waals surface area contributed by atoms with Crippen LogP contribution in [0.2, 0.25) is 0 Å². The van der Waals surface area contributed by atoms with Gasteiger partial charge in [0.25, 0.3) is 0 Å². The first kappa shape index (κ1) is 33.7. The summed E-state index contributed by atoms with van der Waals surface area (Å²) >= 11 is -0.826. The zero-order valence-corrected chi connectivity index (χ0v) is 28.6. The van der Waals surface area contributed by atoms with Gasteiger partial charge in [0, 0.05) is 11.8 Å². The summed E-state index contributed by atoms with van der Waals surface area (Å²) in [5.74, 6) is -10.8. The third-order valence-corrected chi connectivity index (χ3v) is 12.4. The zero-order valence-electron chi connectivity index (χ0n) is 23.7. The molecule has 0 aliphatic carbocycles. The molecular formula is C35H22Cl2F5NOSiZr. The molecule has 0 saturated carbocycles. The second-order valence-electron chi connectivity index (χ2n) is 10.0. The van der Waals surface area contributed by atoms with Crippen molar-refractivity contribution in [2.75, 3.05) is 0 Å². The summed E-state index contributed by atoms with van der Waals surface area (Å²) in [5.41, 5.74) is -1.26. The van der Waals surface area contributed by atoms with E-state index < -0.39 is 63.7 Å². The summed E-state index contributed by atoms with van der Waals surface area (Å²) in [6.07, 6.45) is 0.958. The van der Waals surface area contributed by atoms with Crippen LogP contribution in [0.25, 0.3) is 10.8 Å². The minimum atomic E-state index is -3.28. The Bertz CT molecular complexity index is 1890. The number of nitrogens with zero attached hydrogens (tertiary/aromatic N) is 1. The van der Waals surface area contributed by atoms with Crippen LogP contribution < -0.4 is 20.7 Å². The van der Waals surface area contributed by atoms with Crippen LogP contribution >= 0.6 is 17.0 Å². The fourth-order valence-electron chi connectivity index (χ4n) is 5.65. The molecule has 230 valence electrons. The van der Waals surface area contributed by atoms with Gasteiger partial charge in [-0.15, -0.1) is 0 Å². The van der Waals surface area contributed by atoms with E-state index in [-0.39, 0.29) is 11.3 Å². The molecule has 0 aliphatic heterocycles. The molecular weight excluding hydrogens is 736 g/mol. The van der Waals surface area contributed by atoms with Crippen molar-refractivity contribution in [2.45, 2.75) is 0 Å². The Morgan fingerprint density at radius 1 is 0.587 bits per heavy atom. The molecule has 6 rings (SSSR count). The van der Waals surface area contributed by atoms with Gasteiger partial charge in [-0.25, -0.2) is 26.9 Å². The average molecular weight is 758 g/mol. The van der Waals surface area contributed by atoms with Crippen molar-refractivity contribution in [3.63, 3.8) is 0 Å². The SMILES string of the molecule is Oc1c([Si](c2ccccc2)(c2ccccc2)c2ccccc2)cc2ccccc2c1C=Nc1c(F)c(F)c(F)c(F)c1F.[Cl][Zr][Cl]. The number of aromatic hydroxyl groups is 1. The van der Waals surface area contributed by atoms with Gasteiger partial charge in [-0.1, -0.05) is 121 Å². The van der Waals surface area contributed by atoms with Crippen LogP contribution in [0.5, 0.6) is 5.75 Å². The van der Waals surface area contributed by atoms with Crippen LogP contribution in [-0.4, -0.2) is 19.4 Å². The first-order valence-electron chi connectivity index (χ1n) is 13.7. The van der Waals surface area contributed by atoms with Crippen molar-refractivity contribution in [1.82, 2.24) is 0 Å². The summed E-state index contributed by atoms with van der Waals surface area (Å²) in [7, 11) is 6.59. The number of hydrogen-bond acceptors (Lipinski definition) is 2. The molecule has 0 bridgehead atoms. The van der Waals surface area contributed by atoms with Gasteiger partial charge in [-0.2, -0.15) is 0 Å². The van der Waals surface area contributed by atoms with Gasteiger partial charge < -0.3 is 5.11 Å². The Morgan fingerprint density at radius 3 is 1.43 bits per heavy atom. The molecule has 0 spiro atoms. The van der Waals surface area contributed by atoms with E-state index in [2.05, 4.69) is 4.99 Å². The predicted octanol–water partition coefficient (Wildman–Crippen LogP) is 7.75. The van der Waals surface area contributed by atoms with Gasteiger partial charge in [0.15, 0.2) is 31.3 Å². The number of halogens is 7. The Balaban J connectivity index is 0.00000134. The third kappa shape index (κ3) is 6.21. The van der Waals surface area contributed by atoms with E-state index in [1.54, 1.807) is 12.1 Å². The summed E-state index contributed by atoms with van der Waals surface area (Å²) in [6.45, 7) is 0. The third-order valence-electron chi connectivity index (χ3n) is 7.59. The Kier molecular flexibility index (Phi) is 10.9. The van der Waals surface area contributed by atoms with Gasteiger partial charge in [0.2, 0.25) is 5.82 Å². The van der Waals surface area contributed by atoms with Crippen LogP contribution in [0.1, 0.15) is 5.56 Å². The van der Waals surface area contributed by atoms with Crippen molar-refractivity contribution in [3.05, 3.63) is 156 Å². The van der Waals surface area contributed by atoms with Crippen molar-refractivity contribution < 1.29 is 47.9 Å². The van der Waals surface area contributed by atoms with Gasteiger partial charge >= 0.3 is 37.9 Å². The number of rotatable bonds is 6. The number of phenolic OH excluding ortho intramolecular Hbond substituents is 1. The van der Waals surface area contributed by atoms with E-state index in [1.807, 2.05) is 109 Å². The quantitative estimate of drug-likeness (QED) is 0.0463. The molecule has 0 saturated heterocycles.